The lowest BCUT2D eigenvalue weighted by Crippen LogP contribution is -2.35. The first-order valence-electron chi connectivity index (χ1n) is 4.58. The van der Waals surface area contributed by atoms with Gasteiger partial charge in [-0.1, -0.05) is 0 Å². The average Bonchev–Trinajstić information content (AvgIpc) is 2.44. The third-order valence-electron chi connectivity index (χ3n) is 1.96. The maximum atomic E-state index is 11.5. The molecule has 1 aromatic heterocycles. The van der Waals surface area contributed by atoms with Crippen LogP contribution >= 0.6 is 11.3 Å². The van der Waals surface area contributed by atoms with E-state index in [2.05, 4.69) is 10.3 Å². The number of hydrogen-bond donors (Lipinski definition) is 2. The Morgan fingerprint density at radius 3 is 2.56 bits per heavy atom. The van der Waals surface area contributed by atoms with Crippen LogP contribution in [0.3, 0.4) is 0 Å². The standard InChI is InChI=1S/C9H13N3O3S/c1-5-6(2)16-8(10-5)11-9(15)12(3)4-7(13)14/h4H2,1-3H3,(H,13,14)(H,10,11,15). The number of nitrogens with zero attached hydrogens (tertiary/aromatic N) is 2. The summed E-state index contributed by atoms with van der Waals surface area (Å²) in [5, 5.41) is 11.5. The highest BCUT2D eigenvalue weighted by Gasteiger charge is 2.14. The summed E-state index contributed by atoms with van der Waals surface area (Å²) >= 11 is 1.36. The van der Waals surface area contributed by atoms with Gasteiger partial charge < -0.3 is 10.0 Å². The van der Waals surface area contributed by atoms with Gasteiger partial charge in [-0.05, 0) is 13.8 Å². The Bertz CT molecular complexity index is 397. The molecule has 16 heavy (non-hydrogen) atoms. The number of aromatic nitrogens is 1. The third kappa shape index (κ3) is 3.20. The Morgan fingerprint density at radius 1 is 1.50 bits per heavy atom. The zero-order chi connectivity index (χ0) is 12.3. The first-order chi connectivity index (χ1) is 7.40. The quantitative estimate of drug-likeness (QED) is 0.838. The van der Waals surface area contributed by atoms with Gasteiger partial charge in [0.15, 0.2) is 5.13 Å². The van der Waals surface area contributed by atoms with Crippen LogP contribution in [0.4, 0.5) is 9.93 Å². The SMILES string of the molecule is Cc1nc(NC(=O)N(C)CC(=O)O)sc1C. The lowest BCUT2D eigenvalue weighted by Gasteiger charge is -2.13. The average molecular weight is 243 g/mol. The van der Waals surface area contributed by atoms with E-state index in [9.17, 15) is 9.59 Å². The highest BCUT2D eigenvalue weighted by molar-refractivity contribution is 7.15. The van der Waals surface area contributed by atoms with Gasteiger partial charge in [-0.15, -0.1) is 11.3 Å². The van der Waals surface area contributed by atoms with Gasteiger partial charge >= 0.3 is 12.0 Å². The van der Waals surface area contributed by atoms with Gasteiger partial charge in [0, 0.05) is 11.9 Å². The van der Waals surface area contributed by atoms with E-state index in [1.54, 1.807) is 0 Å². The van der Waals surface area contributed by atoms with Gasteiger partial charge in [0.2, 0.25) is 0 Å². The van der Waals surface area contributed by atoms with Gasteiger partial charge in [0.1, 0.15) is 6.54 Å². The van der Waals surface area contributed by atoms with Crippen LogP contribution in [-0.4, -0.2) is 40.6 Å². The Balaban J connectivity index is 2.60. The Kier molecular flexibility index (Phi) is 3.83. The van der Waals surface area contributed by atoms with Gasteiger partial charge in [0.05, 0.1) is 5.69 Å². The number of carbonyl (C=O) groups is 2. The van der Waals surface area contributed by atoms with E-state index < -0.39 is 12.0 Å². The van der Waals surface area contributed by atoms with E-state index in [4.69, 9.17) is 5.11 Å². The summed E-state index contributed by atoms with van der Waals surface area (Å²) in [5.41, 5.74) is 0.862. The molecular weight excluding hydrogens is 230 g/mol. The molecule has 0 aliphatic carbocycles. The molecule has 0 aromatic carbocycles. The van der Waals surface area contributed by atoms with Crippen LogP contribution in [0.1, 0.15) is 10.6 Å². The van der Waals surface area contributed by atoms with Crippen LogP contribution in [0, 0.1) is 13.8 Å². The van der Waals surface area contributed by atoms with Crippen LogP contribution in [0.15, 0.2) is 0 Å². The van der Waals surface area contributed by atoms with E-state index in [0.29, 0.717) is 5.13 Å². The fourth-order valence-electron chi connectivity index (χ4n) is 0.988. The van der Waals surface area contributed by atoms with Gasteiger partial charge in [-0.3, -0.25) is 10.1 Å². The number of likely N-dealkylation sites (N-methyl/N-ethyl adjacent to an activating group) is 1. The number of urea groups is 1. The molecular formula is C9H13N3O3S. The summed E-state index contributed by atoms with van der Waals surface area (Å²) in [4.78, 5) is 28.1. The van der Waals surface area contributed by atoms with Gasteiger partial charge in [0.25, 0.3) is 0 Å². The molecule has 0 bridgehead atoms. The minimum Gasteiger partial charge on any atom is -0.480 e. The number of carboxylic acids is 1. The number of amides is 2. The zero-order valence-corrected chi connectivity index (χ0v) is 10.1. The van der Waals surface area contributed by atoms with Crippen LogP contribution < -0.4 is 5.32 Å². The van der Waals surface area contributed by atoms with E-state index >= 15 is 0 Å². The molecule has 0 saturated carbocycles. The van der Waals surface area contributed by atoms with Crippen molar-refractivity contribution in [2.45, 2.75) is 13.8 Å². The number of carbonyl (C=O) groups excluding carboxylic acids is 1. The van der Waals surface area contributed by atoms with Crippen LogP contribution in [0.25, 0.3) is 0 Å². The predicted octanol–water partition coefficient (Wildman–Crippen LogP) is 1.31. The number of thiazole rings is 1. The number of aliphatic carboxylic acids is 1. The number of aryl methyl sites for hydroxylation is 2. The molecule has 7 heteroatoms. The van der Waals surface area contributed by atoms with Crippen molar-refractivity contribution in [1.82, 2.24) is 9.88 Å². The summed E-state index contributed by atoms with van der Waals surface area (Å²) in [6.45, 7) is 3.42. The van der Waals surface area contributed by atoms with Crippen molar-refractivity contribution in [3.63, 3.8) is 0 Å². The Labute approximate surface area is 96.9 Å². The molecule has 2 N–H and O–H groups in total. The van der Waals surface area contributed by atoms with E-state index in [-0.39, 0.29) is 6.54 Å². The highest BCUT2D eigenvalue weighted by atomic mass is 32.1. The summed E-state index contributed by atoms with van der Waals surface area (Å²) in [5.74, 6) is -1.05. The first kappa shape index (κ1) is 12.4. The minimum absolute atomic E-state index is 0.338. The molecule has 0 radical (unpaired) electrons. The largest absolute Gasteiger partial charge is 0.480 e. The van der Waals surface area contributed by atoms with Crippen molar-refractivity contribution in [3.05, 3.63) is 10.6 Å². The molecule has 1 aromatic rings. The number of nitrogens with one attached hydrogen (secondary N) is 1. The summed E-state index contributed by atoms with van der Waals surface area (Å²) < 4.78 is 0. The summed E-state index contributed by atoms with van der Waals surface area (Å²) in [7, 11) is 1.41. The smallest absolute Gasteiger partial charge is 0.323 e. The van der Waals surface area contributed by atoms with Crippen LogP contribution in [0.5, 0.6) is 0 Å². The normalized spacial score (nSPS) is 9.94. The zero-order valence-electron chi connectivity index (χ0n) is 9.27. The van der Waals surface area contributed by atoms with Crippen LogP contribution in [-0.2, 0) is 4.79 Å². The van der Waals surface area contributed by atoms with E-state index in [0.717, 1.165) is 15.5 Å². The molecule has 0 fully saturated rings. The highest BCUT2D eigenvalue weighted by Crippen LogP contribution is 2.21. The molecule has 0 aliphatic rings. The molecule has 0 aliphatic heterocycles. The van der Waals surface area contributed by atoms with Crippen molar-refractivity contribution in [2.75, 3.05) is 18.9 Å². The maximum Gasteiger partial charge on any atom is 0.323 e. The molecule has 0 unspecified atom stereocenters. The summed E-state index contributed by atoms with van der Waals surface area (Å²) in [6, 6.07) is -0.476. The van der Waals surface area contributed by atoms with Crippen LogP contribution in [0.2, 0.25) is 0 Å². The van der Waals surface area contributed by atoms with Crippen molar-refractivity contribution < 1.29 is 14.7 Å². The molecule has 6 nitrogen and oxygen atoms in total. The molecule has 1 rings (SSSR count). The lowest BCUT2D eigenvalue weighted by atomic mass is 10.4. The fraction of sp³-hybridized carbons (Fsp3) is 0.444. The second-order valence-electron chi connectivity index (χ2n) is 3.34. The lowest BCUT2D eigenvalue weighted by molar-refractivity contribution is -0.137. The predicted molar refractivity (Wildman–Crippen MR) is 60.9 cm³/mol. The second kappa shape index (κ2) is 4.93. The second-order valence-corrected chi connectivity index (χ2v) is 4.54. The van der Waals surface area contributed by atoms with Crippen molar-refractivity contribution in [2.24, 2.45) is 0 Å². The summed E-state index contributed by atoms with van der Waals surface area (Å²) in [6.07, 6.45) is 0. The number of anilines is 1. The maximum absolute atomic E-state index is 11.5. The first-order valence-corrected chi connectivity index (χ1v) is 5.39. The van der Waals surface area contributed by atoms with E-state index in [1.807, 2.05) is 13.8 Å². The fourth-order valence-corrected chi connectivity index (χ4v) is 1.79. The van der Waals surface area contributed by atoms with Gasteiger partial charge in [-0.25, -0.2) is 9.78 Å². The molecule has 0 saturated heterocycles. The molecule has 88 valence electrons. The molecule has 1 heterocycles. The minimum atomic E-state index is -1.05. The molecule has 2 amide bonds. The topological polar surface area (TPSA) is 82.5 Å². The number of carboxylic acid groups (broad SMARTS) is 1. The van der Waals surface area contributed by atoms with Gasteiger partial charge in [-0.2, -0.15) is 0 Å². The Morgan fingerprint density at radius 2 is 2.12 bits per heavy atom. The molecule has 0 atom stereocenters. The molecule has 0 spiro atoms. The van der Waals surface area contributed by atoms with Crippen molar-refractivity contribution in [1.29, 1.82) is 0 Å². The van der Waals surface area contributed by atoms with E-state index in [1.165, 1.54) is 18.4 Å². The number of rotatable bonds is 3. The number of hydrogen-bond acceptors (Lipinski definition) is 4. The van der Waals surface area contributed by atoms with Crippen molar-refractivity contribution in [3.8, 4) is 0 Å². The monoisotopic (exact) mass is 243 g/mol. The van der Waals surface area contributed by atoms with Crippen molar-refractivity contribution >= 4 is 28.5 Å². The third-order valence-corrected chi connectivity index (χ3v) is 2.95. The Hall–Kier alpha value is -1.63.